The van der Waals surface area contributed by atoms with Crippen LogP contribution in [-0.2, 0) is 0 Å². The van der Waals surface area contributed by atoms with Gasteiger partial charge in [-0.2, -0.15) is 5.26 Å². The van der Waals surface area contributed by atoms with Gasteiger partial charge in [0.25, 0.3) is 0 Å². The standard InChI is InChI=1S/C11H13N3O/c12-7-9-3-4-13-11(6-9)14-5-1-2-10(14)8-15/h3-4,6,10,15H,1-2,5,8H2/t10-/m1/s1. The second kappa shape index (κ2) is 4.28. The number of nitriles is 1. The minimum absolute atomic E-state index is 0.151. The van der Waals surface area contributed by atoms with E-state index in [1.807, 2.05) is 0 Å². The average molecular weight is 203 g/mol. The van der Waals surface area contributed by atoms with Crippen LogP contribution in [-0.4, -0.2) is 29.3 Å². The second-order valence-corrected chi connectivity index (χ2v) is 3.69. The van der Waals surface area contributed by atoms with Gasteiger partial charge in [0, 0.05) is 12.7 Å². The van der Waals surface area contributed by atoms with Crippen molar-refractivity contribution < 1.29 is 5.11 Å². The van der Waals surface area contributed by atoms with Gasteiger partial charge in [0.2, 0.25) is 0 Å². The molecule has 1 aliphatic rings. The Kier molecular flexibility index (Phi) is 2.84. The Balaban J connectivity index is 2.25. The van der Waals surface area contributed by atoms with Gasteiger partial charge in [0.05, 0.1) is 24.3 Å². The highest BCUT2D eigenvalue weighted by atomic mass is 16.3. The minimum Gasteiger partial charge on any atom is -0.394 e. The molecule has 0 bridgehead atoms. The number of hydrogen-bond acceptors (Lipinski definition) is 4. The molecular weight excluding hydrogens is 190 g/mol. The number of pyridine rings is 1. The van der Waals surface area contributed by atoms with Gasteiger partial charge in [-0.15, -0.1) is 0 Å². The van der Waals surface area contributed by atoms with Crippen molar-refractivity contribution in [1.29, 1.82) is 5.26 Å². The number of nitrogens with zero attached hydrogens (tertiary/aromatic N) is 3. The third-order valence-corrected chi connectivity index (χ3v) is 2.76. The number of aliphatic hydroxyl groups is 1. The maximum atomic E-state index is 9.19. The molecule has 0 unspecified atom stereocenters. The second-order valence-electron chi connectivity index (χ2n) is 3.69. The molecule has 1 N–H and O–H groups in total. The molecule has 0 saturated carbocycles. The molecule has 0 amide bonds. The molecule has 0 radical (unpaired) electrons. The van der Waals surface area contributed by atoms with E-state index < -0.39 is 0 Å². The van der Waals surface area contributed by atoms with Crippen LogP contribution in [0.15, 0.2) is 18.3 Å². The fourth-order valence-electron chi connectivity index (χ4n) is 1.97. The third kappa shape index (κ3) is 1.92. The lowest BCUT2D eigenvalue weighted by Crippen LogP contribution is -2.32. The van der Waals surface area contributed by atoms with Gasteiger partial charge in [-0.25, -0.2) is 4.98 Å². The van der Waals surface area contributed by atoms with Crippen LogP contribution in [0.1, 0.15) is 18.4 Å². The van der Waals surface area contributed by atoms with Gasteiger partial charge in [0.15, 0.2) is 0 Å². The molecule has 1 atom stereocenters. The lowest BCUT2D eigenvalue weighted by atomic mass is 10.2. The van der Waals surface area contributed by atoms with E-state index in [0.29, 0.717) is 5.56 Å². The van der Waals surface area contributed by atoms with Crippen molar-refractivity contribution in [2.24, 2.45) is 0 Å². The summed E-state index contributed by atoms with van der Waals surface area (Å²) in [5, 5.41) is 18.0. The highest BCUT2D eigenvalue weighted by Crippen LogP contribution is 2.23. The Morgan fingerprint density at radius 1 is 1.67 bits per heavy atom. The first-order valence-corrected chi connectivity index (χ1v) is 5.09. The van der Waals surface area contributed by atoms with Crippen LogP contribution in [0.2, 0.25) is 0 Å². The van der Waals surface area contributed by atoms with Gasteiger partial charge in [-0.05, 0) is 25.0 Å². The van der Waals surface area contributed by atoms with Crippen molar-refractivity contribution in [2.45, 2.75) is 18.9 Å². The molecular formula is C11H13N3O. The summed E-state index contributed by atoms with van der Waals surface area (Å²) in [6.07, 6.45) is 3.71. The predicted octanol–water partition coefficient (Wildman–Crippen LogP) is 0.914. The fourth-order valence-corrected chi connectivity index (χ4v) is 1.97. The van der Waals surface area contributed by atoms with Crippen LogP contribution in [0, 0.1) is 11.3 Å². The van der Waals surface area contributed by atoms with Gasteiger partial charge in [-0.1, -0.05) is 0 Å². The first-order chi connectivity index (χ1) is 7.35. The number of aliphatic hydroxyl groups excluding tert-OH is 1. The van der Waals surface area contributed by atoms with Crippen LogP contribution >= 0.6 is 0 Å². The Morgan fingerprint density at radius 3 is 3.27 bits per heavy atom. The van der Waals surface area contributed by atoms with Crippen molar-refractivity contribution in [3.63, 3.8) is 0 Å². The molecule has 1 aromatic heterocycles. The number of anilines is 1. The van der Waals surface area contributed by atoms with Crippen LogP contribution < -0.4 is 4.90 Å². The number of hydrogen-bond donors (Lipinski definition) is 1. The molecule has 0 aromatic carbocycles. The summed E-state index contributed by atoms with van der Waals surface area (Å²) in [5.41, 5.74) is 0.614. The summed E-state index contributed by atoms with van der Waals surface area (Å²) in [4.78, 5) is 6.30. The molecule has 78 valence electrons. The van der Waals surface area contributed by atoms with Crippen molar-refractivity contribution in [1.82, 2.24) is 4.98 Å². The van der Waals surface area contributed by atoms with E-state index in [1.165, 1.54) is 0 Å². The van der Waals surface area contributed by atoms with E-state index in [0.717, 1.165) is 25.2 Å². The van der Waals surface area contributed by atoms with E-state index in [2.05, 4.69) is 16.0 Å². The Labute approximate surface area is 88.8 Å². The van der Waals surface area contributed by atoms with E-state index >= 15 is 0 Å². The van der Waals surface area contributed by atoms with E-state index in [1.54, 1.807) is 18.3 Å². The predicted molar refractivity (Wildman–Crippen MR) is 56.4 cm³/mol. The molecule has 0 spiro atoms. The summed E-state index contributed by atoms with van der Waals surface area (Å²) < 4.78 is 0. The van der Waals surface area contributed by atoms with Gasteiger partial charge >= 0.3 is 0 Å². The maximum Gasteiger partial charge on any atom is 0.130 e. The first kappa shape index (κ1) is 9.94. The third-order valence-electron chi connectivity index (χ3n) is 2.76. The summed E-state index contributed by atoms with van der Waals surface area (Å²) in [6, 6.07) is 5.71. The molecule has 1 fully saturated rings. The summed E-state index contributed by atoms with van der Waals surface area (Å²) in [6.45, 7) is 1.06. The average Bonchev–Trinajstić information content (AvgIpc) is 2.77. The van der Waals surface area contributed by atoms with Crippen LogP contribution in [0.3, 0.4) is 0 Å². The molecule has 2 rings (SSSR count). The molecule has 4 nitrogen and oxygen atoms in total. The zero-order chi connectivity index (χ0) is 10.7. The molecule has 0 aliphatic carbocycles. The van der Waals surface area contributed by atoms with E-state index in [9.17, 15) is 5.11 Å². The van der Waals surface area contributed by atoms with E-state index in [-0.39, 0.29) is 12.6 Å². The number of aromatic nitrogens is 1. The Bertz CT molecular complexity index is 386. The lowest BCUT2D eigenvalue weighted by molar-refractivity contribution is 0.266. The van der Waals surface area contributed by atoms with Gasteiger partial charge in [0.1, 0.15) is 5.82 Å². The van der Waals surface area contributed by atoms with Crippen LogP contribution in [0.4, 0.5) is 5.82 Å². The van der Waals surface area contributed by atoms with Crippen molar-refractivity contribution in [3.05, 3.63) is 23.9 Å². The molecule has 15 heavy (non-hydrogen) atoms. The summed E-state index contributed by atoms with van der Waals surface area (Å²) in [7, 11) is 0. The summed E-state index contributed by atoms with van der Waals surface area (Å²) >= 11 is 0. The topological polar surface area (TPSA) is 60.2 Å². The molecule has 1 saturated heterocycles. The molecule has 2 heterocycles. The highest BCUT2D eigenvalue weighted by Gasteiger charge is 2.24. The largest absolute Gasteiger partial charge is 0.394 e. The van der Waals surface area contributed by atoms with Crippen molar-refractivity contribution >= 4 is 5.82 Å². The minimum atomic E-state index is 0.151. The monoisotopic (exact) mass is 203 g/mol. The Morgan fingerprint density at radius 2 is 2.53 bits per heavy atom. The lowest BCUT2D eigenvalue weighted by Gasteiger charge is -2.23. The fraction of sp³-hybridized carbons (Fsp3) is 0.455. The highest BCUT2D eigenvalue weighted by molar-refractivity contribution is 5.46. The first-order valence-electron chi connectivity index (χ1n) is 5.09. The quantitative estimate of drug-likeness (QED) is 0.776. The molecule has 1 aliphatic heterocycles. The van der Waals surface area contributed by atoms with E-state index in [4.69, 9.17) is 5.26 Å². The summed E-state index contributed by atoms with van der Waals surface area (Å²) in [5.74, 6) is 0.797. The van der Waals surface area contributed by atoms with Gasteiger partial charge < -0.3 is 10.0 Å². The van der Waals surface area contributed by atoms with Gasteiger partial charge in [-0.3, -0.25) is 0 Å². The smallest absolute Gasteiger partial charge is 0.130 e. The normalized spacial score (nSPS) is 20.3. The molecule has 1 aromatic rings. The maximum absolute atomic E-state index is 9.19. The zero-order valence-electron chi connectivity index (χ0n) is 8.43. The van der Waals surface area contributed by atoms with Crippen LogP contribution in [0.5, 0.6) is 0 Å². The SMILES string of the molecule is N#Cc1ccnc(N2CCC[C@@H]2CO)c1. The Hall–Kier alpha value is -1.60. The molecule has 4 heteroatoms. The van der Waals surface area contributed by atoms with Crippen molar-refractivity contribution in [3.8, 4) is 6.07 Å². The van der Waals surface area contributed by atoms with Crippen LogP contribution in [0.25, 0.3) is 0 Å². The number of rotatable bonds is 2. The van der Waals surface area contributed by atoms with Crippen molar-refractivity contribution in [2.75, 3.05) is 18.1 Å². The zero-order valence-corrected chi connectivity index (χ0v) is 8.43.